The maximum absolute atomic E-state index is 5.67. The Morgan fingerprint density at radius 2 is 1.71 bits per heavy atom. The summed E-state index contributed by atoms with van der Waals surface area (Å²) in [6.07, 6.45) is 0.522. The minimum absolute atomic E-state index is 0.261. The summed E-state index contributed by atoms with van der Waals surface area (Å²) in [6.45, 7) is 11.9. The molecule has 1 aliphatic rings. The number of aryl methyl sites for hydroxylation is 1. The number of anilines is 1. The number of aromatic nitrogens is 2. The van der Waals surface area contributed by atoms with Gasteiger partial charge in [-0.05, 0) is 32.9 Å². The van der Waals surface area contributed by atoms with E-state index in [0.29, 0.717) is 0 Å². The van der Waals surface area contributed by atoms with Crippen molar-refractivity contribution in [1.29, 1.82) is 0 Å². The fourth-order valence-electron chi connectivity index (χ4n) is 1.93. The fourth-order valence-corrected chi connectivity index (χ4v) is 1.93. The molecule has 0 bridgehead atoms. The third-order valence-corrected chi connectivity index (χ3v) is 2.53. The number of hydrogen-bond donors (Lipinski definition) is 0. The average molecular weight is 237 g/mol. The van der Waals surface area contributed by atoms with E-state index in [0.717, 1.165) is 24.6 Å². The molecule has 4 heteroatoms. The Labute approximate surface area is 104 Å². The lowest BCUT2D eigenvalue weighted by atomic mass is 10.2. The van der Waals surface area contributed by atoms with E-state index in [1.165, 1.54) is 0 Å². The summed E-state index contributed by atoms with van der Waals surface area (Å²) in [4.78, 5) is 2.23. The van der Waals surface area contributed by atoms with Crippen LogP contribution in [0.15, 0.2) is 12.1 Å². The zero-order valence-electron chi connectivity index (χ0n) is 11.5. The quantitative estimate of drug-likeness (QED) is 0.752. The first kappa shape index (κ1) is 13.9. The zero-order chi connectivity index (χ0) is 12.8. The minimum atomic E-state index is 0.261. The number of hydrogen-bond acceptors (Lipinski definition) is 4. The van der Waals surface area contributed by atoms with Gasteiger partial charge in [0.2, 0.25) is 0 Å². The van der Waals surface area contributed by atoms with Crippen LogP contribution in [0.2, 0.25) is 0 Å². The van der Waals surface area contributed by atoms with Gasteiger partial charge in [-0.3, -0.25) is 0 Å². The molecular weight excluding hydrogens is 214 g/mol. The molecule has 1 aliphatic heterocycles. The van der Waals surface area contributed by atoms with Gasteiger partial charge in [-0.15, -0.1) is 5.10 Å². The summed E-state index contributed by atoms with van der Waals surface area (Å²) in [5.41, 5.74) is 0.952. The first-order valence-electron chi connectivity index (χ1n) is 6.36. The van der Waals surface area contributed by atoms with Gasteiger partial charge < -0.3 is 9.64 Å². The number of nitrogens with zero attached hydrogens (tertiary/aromatic N) is 3. The van der Waals surface area contributed by atoms with Crippen LogP contribution < -0.4 is 4.90 Å². The molecule has 17 heavy (non-hydrogen) atoms. The predicted molar refractivity (Wildman–Crippen MR) is 70.3 cm³/mol. The van der Waals surface area contributed by atoms with Crippen LogP contribution >= 0.6 is 0 Å². The monoisotopic (exact) mass is 237 g/mol. The van der Waals surface area contributed by atoms with Crippen molar-refractivity contribution >= 4 is 5.82 Å². The Morgan fingerprint density at radius 3 is 2.18 bits per heavy atom. The first-order valence-corrected chi connectivity index (χ1v) is 6.36. The second kappa shape index (κ2) is 6.55. The summed E-state index contributed by atoms with van der Waals surface area (Å²) in [7, 11) is 0. The van der Waals surface area contributed by atoms with Gasteiger partial charge >= 0.3 is 0 Å². The molecule has 0 saturated carbocycles. The number of rotatable bonds is 1. The molecule has 0 amide bonds. The predicted octanol–water partition coefficient (Wildman–Crippen LogP) is 2.42. The lowest BCUT2D eigenvalue weighted by Gasteiger charge is -2.35. The highest BCUT2D eigenvalue weighted by Gasteiger charge is 2.23. The maximum atomic E-state index is 5.67. The number of ether oxygens (including phenoxy) is 1. The molecule has 2 unspecified atom stereocenters. The fraction of sp³-hybridized carbons (Fsp3) is 0.692. The molecule has 0 N–H and O–H groups in total. The first-order chi connectivity index (χ1) is 8.15. The molecule has 2 heterocycles. The molecule has 1 fully saturated rings. The number of morpholine rings is 1. The van der Waals surface area contributed by atoms with E-state index in [4.69, 9.17) is 4.74 Å². The van der Waals surface area contributed by atoms with Crippen molar-refractivity contribution in [2.75, 3.05) is 18.0 Å². The van der Waals surface area contributed by atoms with Gasteiger partial charge in [0.05, 0.1) is 17.9 Å². The Bertz CT molecular complexity index is 316. The zero-order valence-corrected chi connectivity index (χ0v) is 11.5. The van der Waals surface area contributed by atoms with E-state index in [2.05, 4.69) is 28.9 Å². The van der Waals surface area contributed by atoms with E-state index in [1.807, 2.05) is 32.9 Å². The summed E-state index contributed by atoms with van der Waals surface area (Å²) < 4.78 is 5.67. The van der Waals surface area contributed by atoms with Crippen LogP contribution in [0.1, 0.15) is 33.4 Å². The molecule has 4 nitrogen and oxygen atoms in total. The third-order valence-electron chi connectivity index (χ3n) is 2.53. The molecule has 0 aliphatic carbocycles. The van der Waals surface area contributed by atoms with Crippen molar-refractivity contribution in [1.82, 2.24) is 10.2 Å². The molecule has 0 aromatic carbocycles. The van der Waals surface area contributed by atoms with Crippen molar-refractivity contribution in [2.24, 2.45) is 0 Å². The second-order valence-electron chi connectivity index (χ2n) is 4.20. The van der Waals surface area contributed by atoms with Gasteiger partial charge in [0.15, 0.2) is 5.82 Å². The van der Waals surface area contributed by atoms with Gasteiger partial charge in [0, 0.05) is 13.1 Å². The molecule has 2 rings (SSSR count). The van der Waals surface area contributed by atoms with Crippen LogP contribution in [0.5, 0.6) is 0 Å². The van der Waals surface area contributed by atoms with E-state index < -0.39 is 0 Å². The second-order valence-corrected chi connectivity index (χ2v) is 4.20. The van der Waals surface area contributed by atoms with Crippen LogP contribution in [0.3, 0.4) is 0 Å². The average Bonchev–Trinajstić information content (AvgIpc) is 2.31. The van der Waals surface area contributed by atoms with Crippen LogP contribution in [0.25, 0.3) is 0 Å². The maximum Gasteiger partial charge on any atom is 0.151 e. The Hall–Kier alpha value is -1.16. The molecule has 1 aromatic rings. The molecular formula is C13H23N3O. The SMILES string of the molecule is CC.Cc1ccc(N2CC(C)OC(C)C2)nn1. The smallest absolute Gasteiger partial charge is 0.151 e. The lowest BCUT2D eigenvalue weighted by Crippen LogP contribution is -2.45. The Balaban J connectivity index is 0.000000686. The van der Waals surface area contributed by atoms with Crippen LogP contribution in [-0.4, -0.2) is 35.5 Å². The van der Waals surface area contributed by atoms with Gasteiger partial charge in [-0.2, -0.15) is 5.10 Å². The Kier molecular flexibility index (Phi) is 5.35. The van der Waals surface area contributed by atoms with Gasteiger partial charge in [-0.25, -0.2) is 0 Å². The van der Waals surface area contributed by atoms with Crippen molar-refractivity contribution < 1.29 is 4.74 Å². The van der Waals surface area contributed by atoms with E-state index in [-0.39, 0.29) is 12.2 Å². The normalized spacial score (nSPS) is 23.9. The largest absolute Gasteiger partial charge is 0.372 e. The molecule has 1 saturated heterocycles. The summed E-state index contributed by atoms with van der Waals surface area (Å²) >= 11 is 0. The molecule has 0 spiro atoms. The summed E-state index contributed by atoms with van der Waals surface area (Å²) in [5, 5.41) is 8.26. The van der Waals surface area contributed by atoms with Crippen LogP contribution in [0, 0.1) is 6.92 Å². The molecule has 2 atom stereocenters. The van der Waals surface area contributed by atoms with Crippen LogP contribution in [-0.2, 0) is 4.74 Å². The van der Waals surface area contributed by atoms with Gasteiger partial charge in [0.1, 0.15) is 0 Å². The highest BCUT2D eigenvalue weighted by molar-refractivity contribution is 5.38. The standard InChI is InChI=1S/C11H17N3O.C2H6/c1-8-4-5-11(13-12-8)14-6-9(2)15-10(3)7-14;1-2/h4-5,9-10H,6-7H2,1-3H3;1-2H3. The van der Waals surface area contributed by atoms with E-state index in [1.54, 1.807) is 0 Å². The highest BCUT2D eigenvalue weighted by Crippen LogP contribution is 2.17. The molecule has 1 aromatic heterocycles. The van der Waals surface area contributed by atoms with Crippen molar-refractivity contribution in [3.63, 3.8) is 0 Å². The molecule has 0 radical (unpaired) electrons. The lowest BCUT2D eigenvalue weighted by molar-refractivity contribution is -0.00550. The highest BCUT2D eigenvalue weighted by atomic mass is 16.5. The summed E-state index contributed by atoms with van der Waals surface area (Å²) in [6, 6.07) is 4.01. The topological polar surface area (TPSA) is 38.2 Å². The third kappa shape index (κ3) is 3.97. The minimum Gasteiger partial charge on any atom is -0.372 e. The van der Waals surface area contributed by atoms with Crippen molar-refractivity contribution in [2.45, 2.75) is 46.8 Å². The summed E-state index contributed by atoms with van der Waals surface area (Å²) in [5.74, 6) is 0.947. The molecule has 96 valence electrons. The Morgan fingerprint density at radius 1 is 1.12 bits per heavy atom. The van der Waals surface area contributed by atoms with E-state index in [9.17, 15) is 0 Å². The van der Waals surface area contributed by atoms with Gasteiger partial charge in [0.25, 0.3) is 0 Å². The van der Waals surface area contributed by atoms with E-state index >= 15 is 0 Å². The van der Waals surface area contributed by atoms with Gasteiger partial charge in [-0.1, -0.05) is 13.8 Å². The van der Waals surface area contributed by atoms with Crippen LogP contribution in [0.4, 0.5) is 5.82 Å². The van der Waals surface area contributed by atoms with Crippen molar-refractivity contribution in [3.8, 4) is 0 Å². The van der Waals surface area contributed by atoms with Crippen molar-refractivity contribution in [3.05, 3.63) is 17.8 Å².